The Labute approximate surface area is 55.2 Å². The Morgan fingerprint density at radius 1 is 1.56 bits per heavy atom. The topological polar surface area (TPSA) is 26.3 Å². The molecule has 9 heavy (non-hydrogen) atoms. The molecule has 2 atom stereocenters. The van der Waals surface area contributed by atoms with E-state index in [9.17, 15) is 4.79 Å². The molecular formula is C7H12O2. The lowest BCUT2D eigenvalue weighted by Crippen LogP contribution is -2.12. The van der Waals surface area contributed by atoms with E-state index in [0.717, 1.165) is 0 Å². The van der Waals surface area contributed by atoms with Crippen LogP contribution in [0.5, 0.6) is 0 Å². The van der Waals surface area contributed by atoms with Gasteiger partial charge in [0.1, 0.15) is 5.78 Å². The highest BCUT2D eigenvalue weighted by Gasteiger charge is 2.28. The van der Waals surface area contributed by atoms with Gasteiger partial charge in [-0.05, 0) is 5.92 Å². The first-order valence-corrected chi connectivity index (χ1v) is 3.28. The molecule has 0 radical (unpaired) electrons. The van der Waals surface area contributed by atoms with Crippen molar-refractivity contribution in [3.63, 3.8) is 0 Å². The molecule has 1 saturated carbocycles. The molecule has 0 N–H and O–H groups in total. The lowest BCUT2D eigenvalue weighted by molar-refractivity contribution is -0.118. The van der Waals surface area contributed by atoms with Crippen LogP contribution in [0, 0.1) is 5.92 Å². The van der Waals surface area contributed by atoms with Crippen LogP contribution >= 0.6 is 0 Å². The Bertz CT molecular complexity index is 120. The van der Waals surface area contributed by atoms with Crippen molar-refractivity contribution in [1.29, 1.82) is 0 Å². The Balaban J connectivity index is 2.47. The van der Waals surface area contributed by atoms with E-state index >= 15 is 0 Å². The molecular weight excluding hydrogens is 116 g/mol. The molecule has 2 unspecified atom stereocenters. The lowest BCUT2D eigenvalue weighted by Gasteiger charge is -2.10. The number of methoxy groups -OCH3 is 1. The van der Waals surface area contributed by atoms with E-state index in [-0.39, 0.29) is 6.10 Å². The molecule has 2 nitrogen and oxygen atoms in total. The normalized spacial score (nSPS) is 35.6. The molecule has 0 aliphatic heterocycles. The summed E-state index contributed by atoms with van der Waals surface area (Å²) in [5, 5.41) is 0. The number of Topliss-reactive ketones (excluding diaryl/α,β-unsaturated/α-hetero) is 1. The highest BCUT2D eigenvalue weighted by atomic mass is 16.5. The van der Waals surface area contributed by atoms with Crippen LogP contribution in [-0.2, 0) is 9.53 Å². The molecule has 1 aliphatic carbocycles. The smallest absolute Gasteiger partial charge is 0.135 e. The number of hydrogen-bond acceptors (Lipinski definition) is 2. The van der Waals surface area contributed by atoms with Crippen LogP contribution in [0.4, 0.5) is 0 Å². The number of rotatable bonds is 1. The van der Waals surface area contributed by atoms with Crippen molar-refractivity contribution in [3.05, 3.63) is 0 Å². The molecule has 0 aromatic rings. The first kappa shape index (κ1) is 6.75. The van der Waals surface area contributed by atoms with Crippen LogP contribution in [0.1, 0.15) is 19.8 Å². The van der Waals surface area contributed by atoms with Crippen molar-refractivity contribution >= 4 is 5.78 Å². The highest BCUT2D eigenvalue weighted by molar-refractivity contribution is 5.81. The van der Waals surface area contributed by atoms with E-state index in [1.165, 1.54) is 0 Å². The van der Waals surface area contributed by atoms with Gasteiger partial charge in [0, 0.05) is 20.0 Å². The second kappa shape index (κ2) is 2.48. The molecule has 2 heteroatoms. The molecule has 0 aromatic heterocycles. The molecule has 1 aliphatic rings. The van der Waals surface area contributed by atoms with Crippen molar-refractivity contribution in [1.82, 2.24) is 0 Å². The second-order valence-electron chi connectivity index (χ2n) is 2.70. The Hall–Kier alpha value is -0.370. The van der Waals surface area contributed by atoms with E-state index in [2.05, 4.69) is 6.92 Å². The lowest BCUT2D eigenvalue weighted by atomic mass is 10.1. The summed E-state index contributed by atoms with van der Waals surface area (Å²) in [7, 11) is 1.67. The van der Waals surface area contributed by atoms with E-state index in [0.29, 0.717) is 24.5 Å². The number of ether oxygens (including phenoxy) is 1. The molecule has 0 amide bonds. The van der Waals surface area contributed by atoms with Crippen LogP contribution < -0.4 is 0 Å². The molecule has 1 rings (SSSR count). The van der Waals surface area contributed by atoms with Gasteiger partial charge in [0.25, 0.3) is 0 Å². The quantitative estimate of drug-likeness (QED) is 0.526. The van der Waals surface area contributed by atoms with E-state index < -0.39 is 0 Å². The summed E-state index contributed by atoms with van der Waals surface area (Å²) in [5.41, 5.74) is 0. The maximum atomic E-state index is 10.7. The summed E-state index contributed by atoms with van der Waals surface area (Å²) < 4.78 is 5.07. The van der Waals surface area contributed by atoms with Gasteiger partial charge in [-0.15, -0.1) is 0 Å². The average Bonchev–Trinajstić information content (AvgIpc) is 2.10. The maximum absolute atomic E-state index is 10.7. The predicted molar refractivity (Wildman–Crippen MR) is 34.2 cm³/mol. The zero-order valence-electron chi connectivity index (χ0n) is 5.89. The zero-order chi connectivity index (χ0) is 6.85. The standard InChI is InChI=1S/C7H12O2/c1-5-3-6(8)4-7(5)9-2/h5,7H,3-4H2,1-2H3. The SMILES string of the molecule is COC1CC(=O)CC1C. The minimum atomic E-state index is 0.192. The number of carbonyl (C=O) groups excluding carboxylic acids is 1. The summed E-state index contributed by atoms with van der Waals surface area (Å²) in [6, 6.07) is 0. The van der Waals surface area contributed by atoms with Gasteiger partial charge >= 0.3 is 0 Å². The molecule has 0 spiro atoms. The summed E-state index contributed by atoms with van der Waals surface area (Å²) in [6.07, 6.45) is 1.52. The Morgan fingerprint density at radius 2 is 2.22 bits per heavy atom. The van der Waals surface area contributed by atoms with Gasteiger partial charge in [0.15, 0.2) is 0 Å². The molecule has 1 fully saturated rings. The van der Waals surface area contributed by atoms with Gasteiger partial charge in [0.2, 0.25) is 0 Å². The first-order chi connectivity index (χ1) is 4.24. The van der Waals surface area contributed by atoms with Gasteiger partial charge in [-0.3, -0.25) is 4.79 Å². The van der Waals surface area contributed by atoms with Crippen LogP contribution in [0.2, 0.25) is 0 Å². The Morgan fingerprint density at radius 3 is 2.44 bits per heavy atom. The third kappa shape index (κ3) is 1.30. The van der Waals surface area contributed by atoms with E-state index in [1.807, 2.05) is 0 Å². The third-order valence-corrected chi connectivity index (χ3v) is 1.92. The van der Waals surface area contributed by atoms with Gasteiger partial charge in [-0.1, -0.05) is 6.92 Å². The third-order valence-electron chi connectivity index (χ3n) is 1.92. The van der Waals surface area contributed by atoms with Crippen LogP contribution in [0.3, 0.4) is 0 Å². The van der Waals surface area contributed by atoms with Crippen LogP contribution in [0.25, 0.3) is 0 Å². The summed E-state index contributed by atoms with van der Waals surface area (Å²) in [6.45, 7) is 2.05. The molecule has 52 valence electrons. The molecule has 0 saturated heterocycles. The average molecular weight is 128 g/mol. The number of carbonyl (C=O) groups is 1. The van der Waals surface area contributed by atoms with E-state index in [4.69, 9.17) is 4.74 Å². The molecule has 0 bridgehead atoms. The van der Waals surface area contributed by atoms with Gasteiger partial charge in [0.05, 0.1) is 6.10 Å². The second-order valence-corrected chi connectivity index (χ2v) is 2.70. The Kier molecular flexibility index (Phi) is 1.86. The highest BCUT2D eigenvalue weighted by Crippen LogP contribution is 2.23. The number of ketones is 1. The van der Waals surface area contributed by atoms with Gasteiger partial charge in [-0.25, -0.2) is 0 Å². The minimum Gasteiger partial charge on any atom is -0.381 e. The van der Waals surface area contributed by atoms with Crippen molar-refractivity contribution in [2.45, 2.75) is 25.9 Å². The largest absolute Gasteiger partial charge is 0.381 e. The predicted octanol–water partition coefficient (Wildman–Crippen LogP) is 1.00. The van der Waals surface area contributed by atoms with Crippen molar-refractivity contribution in [2.24, 2.45) is 5.92 Å². The van der Waals surface area contributed by atoms with Gasteiger partial charge in [-0.2, -0.15) is 0 Å². The summed E-state index contributed by atoms with van der Waals surface area (Å²) in [4.78, 5) is 10.7. The fourth-order valence-corrected chi connectivity index (χ4v) is 1.32. The summed E-state index contributed by atoms with van der Waals surface area (Å²) >= 11 is 0. The van der Waals surface area contributed by atoms with Crippen LogP contribution in [-0.4, -0.2) is 19.0 Å². The van der Waals surface area contributed by atoms with Crippen LogP contribution in [0.15, 0.2) is 0 Å². The zero-order valence-corrected chi connectivity index (χ0v) is 5.89. The van der Waals surface area contributed by atoms with Crippen molar-refractivity contribution < 1.29 is 9.53 Å². The van der Waals surface area contributed by atoms with E-state index in [1.54, 1.807) is 7.11 Å². The maximum Gasteiger partial charge on any atom is 0.135 e. The minimum absolute atomic E-state index is 0.192. The number of hydrogen-bond donors (Lipinski definition) is 0. The van der Waals surface area contributed by atoms with Crippen molar-refractivity contribution in [2.75, 3.05) is 7.11 Å². The monoisotopic (exact) mass is 128 g/mol. The fraction of sp³-hybridized carbons (Fsp3) is 0.857. The fourth-order valence-electron chi connectivity index (χ4n) is 1.32. The van der Waals surface area contributed by atoms with Gasteiger partial charge < -0.3 is 4.74 Å². The molecule has 0 aromatic carbocycles. The molecule has 0 heterocycles. The first-order valence-electron chi connectivity index (χ1n) is 3.28. The summed E-state index contributed by atoms with van der Waals surface area (Å²) in [5.74, 6) is 0.775. The van der Waals surface area contributed by atoms with Crippen molar-refractivity contribution in [3.8, 4) is 0 Å².